The molecule has 0 radical (unpaired) electrons. The van der Waals surface area contributed by atoms with E-state index in [1.165, 1.54) is 0 Å². The van der Waals surface area contributed by atoms with Crippen LogP contribution in [0.3, 0.4) is 0 Å². The second-order valence-electron chi connectivity index (χ2n) is 3.96. The van der Waals surface area contributed by atoms with Crippen molar-refractivity contribution in [1.82, 2.24) is 0 Å². The summed E-state index contributed by atoms with van der Waals surface area (Å²) in [4.78, 5) is 0.383. The van der Waals surface area contributed by atoms with Gasteiger partial charge in [0, 0.05) is 0 Å². The van der Waals surface area contributed by atoms with E-state index in [9.17, 15) is 8.42 Å². The SMILES string of the molecule is Cc1ccccc1S(=O)(=O)C/C=C/c1ccco1. The molecule has 0 saturated heterocycles. The molecule has 0 spiro atoms. The number of rotatable bonds is 4. The van der Waals surface area contributed by atoms with Crippen LogP contribution in [0.4, 0.5) is 0 Å². The molecule has 0 atom stereocenters. The van der Waals surface area contributed by atoms with Crippen LogP contribution in [0.5, 0.6) is 0 Å². The first-order valence-electron chi connectivity index (χ1n) is 5.58. The number of aryl methyl sites for hydroxylation is 1. The molecule has 1 aromatic heterocycles. The summed E-state index contributed by atoms with van der Waals surface area (Å²) in [7, 11) is -3.27. The van der Waals surface area contributed by atoms with Crippen LogP contribution in [0, 0.1) is 6.92 Å². The molecule has 0 amide bonds. The molecule has 0 unspecified atom stereocenters. The van der Waals surface area contributed by atoms with E-state index in [0.29, 0.717) is 10.7 Å². The molecule has 3 nitrogen and oxygen atoms in total. The zero-order valence-electron chi connectivity index (χ0n) is 10.0. The van der Waals surface area contributed by atoms with Crippen molar-refractivity contribution in [3.05, 3.63) is 60.1 Å². The third-order valence-corrected chi connectivity index (χ3v) is 4.33. The van der Waals surface area contributed by atoms with Gasteiger partial charge in [-0.25, -0.2) is 8.42 Å². The van der Waals surface area contributed by atoms with E-state index >= 15 is 0 Å². The molecular weight excluding hydrogens is 248 g/mol. The number of hydrogen-bond acceptors (Lipinski definition) is 3. The van der Waals surface area contributed by atoms with E-state index in [1.54, 1.807) is 55.7 Å². The van der Waals surface area contributed by atoms with Crippen molar-refractivity contribution in [3.63, 3.8) is 0 Å². The van der Waals surface area contributed by atoms with Crippen LogP contribution in [0.1, 0.15) is 11.3 Å². The van der Waals surface area contributed by atoms with Crippen molar-refractivity contribution in [2.24, 2.45) is 0 Å². The van der Waals surface area contributed by atoms with E-state index in [-0.39, 0.29) is 5.75 Å². The molecule has 1 heterocycles. The number of sulfone groups is 1. The summed E-state index contributed by atoms with van der Waals surface area (Å²) in [6.45, 7) is 1.79. The Kier molecular flexibility index (Phi) is 3.67. The quantitative estimate of drug-likeness (QED) is 0.850. The molecule has 0 N–H and O–H groups in total. The predicted molar refractivity (Wildman–Crippen MR) is 71.0 cm³/mol. The minimum Gasteiger partial charge on any atom is -0.465 e. The Hall–Kier alpha value is -1.81. The average Bonchev–Trinajstić information content (AvgIpc) is 2.82. The highest BCUT2D eigenvalue weighted by atomic mass is 32.2. The minimum atomic E-state index is -3.27. The Morgan fingerprint density at radius 2 is 1.94 bits per heavy atom. The maximum Gasteiger partial charge on any atom is 0.182 e. The second-order valence-corrected chi connectivity index (χ2v) is 5.97. The van der Waals surface area contributed by atoms with Gasteiger partial charge in [-0.15, -0.1) is 0 Å². The van der Waals surface area contributed by atoms with Crippen LogP contribution >= 0.6 is 0 Å². The lowest BCUT2D eigenvalue weighted by Gasteiger charge is -2.04. The van der Waals surface area contributed by atoms with Crippen molar-refractivity contribution >= 4 is 15.9 Å². The fourth-order valence-corrected chi connectivity index (χ4v) is 3.05. The van der Waals surface area contributed by atoms with E-state index < -0.39 is 9.84 Å². The fourth-order valence-electron chi connectivity index (χ4n) is 1.67. The molecule has 2 aromatic rings. The molecule has 0 aliphatic rings. The summed E-state index contributed by atoms with van der Waals surface area (Å²) in [5.41, 5.74) is 0.767. The van der Waals surface area contributed by atoms with Gasteiger partial charge in [0.25, 0.3) is 0 Å². The van der Waals surface area contributed by atoms with Crippen molar-refractivity contribution in [1.29, 1.82) is 0 Å². The smallest absolute Gasteiger partial charge is 0.182 e. The molecule has 1 aromatic carbocycles. The van der Waals surface area contributed by atoms with Crippen LogP contribution in [0.15, 0.2) is 58.1 Å². The van der Waals surface area contributed by atoms with Gasteiger partial charge in [0.2, 0.25) is 0 Å². The minimum absolute atomic E-state index is 0.0292. The third kappa shape index (κ3) is 2.90. The summed E-state index contributed by atoms with van der Waals surface area (Å²) in [5.74, 6) is 0.619. The molecular formula is C14H14O3S. The third-order valence-electron chi connectivity index (χ3n) is 2.57. The largest absolute Gasteiger partial charge is 0.465 e. The van der Waals surface area contributed by atoms with Gasteiger partial charge in [-0.1, -0.05) is 24.3 Å². The topological polar surface area (TPSA) is 47.3 Å². The predicted octanol–water partition coefficient (Wildman–Crippen LogP) is 3.08. The lowest BCUT2D eigenvalue weighted by atomic mass is 10.2. The molecule has 94 valence electrons. The number of furan rings is 1. The zero-order chi connectivity index (χ0) is 13.0. The van der Waals surface area contributed by atoms with E-state index in [2.05, 4.69) is 0 Å². The Bertz CT molecular complexity index is 637. The summed E-state index contributed by atoms with van der Waals surface area (Å²) in [6, 6.07) is 10.5. The van der Waals surface area contributed by atoms with Gasteiger partial charge >= 0.3 is 0 Å². The van der Waals surface area contributed by atoms with Gasteiger partial charge in [0.15, 0.2) is 9.84 Å². The van der Waals surface area contributed by atoms with Crippen molar-refractivity contribution in [2.75, 3.05) is 5.75 Å². The first-order chi connectivity index (χ1) is 8.59. The van der Waals surface area contributed by atoms with Crippen LogP contribution < -0.4 is 0 Å². The Balaban J connectivity index is 2.16. The van der Waals surface area contributed by atoms with Gasteiger partial charge in [0.1, 0.15) is 5.76 Å². The van der Waals surface area contributed by atoms with Crippen molar-refractivity contribution in [3.8, 4) is 0 Å². The normalized spacial score (nSPS) is 12.1. The van der Waals surface area contributed by atoms with Crippen LogP contribution in [-0.4, -0.2) is 14.2 Å². The van der Waals surface area contributed by atoms with E-state index in [1.807, 2.05) is 6.07 Å². The van der Waals surface area contributed by atoms with Gasteiger partial charge in [0.05, 0.1) is 16.9 Å². The fraction of sp³-hybridized carbons (Fsp3) is 0.143. The molecule has 0 saturated carbocycles. The van der Waals surface area contributed by atoms with Crippen molar-refractivity contribution < 1.29 is 12.8 Å². The zero-order valence-corrected chi connectivity index (χ0v) is 10.9. The van der Waals surface area contributed by atoms with E-state index in [4.69, 9.17) is 4.42 Å². The molecule has 0 bridgehead atoms. The average molecular weight is 262 g/mol. The van der Waals surface area contributed by atoms with Crippen LogP contribution in [0.2, 0.25) is 0 Å². The highest BCUT2D eigenvalue weighted by Gasteiger charge is 2.14. The standard InChI is InChI=1S/C14H14O3S/c1-12-6-2-3-9-14(12)18(15,16)11-5-8-13-7-4-10-17-13/h2-10H,11H2,1H3/b8-5+. The lowest BCUT2D eigenvalue weighted by Crippen LogP contribution is -2.06. The molecule has 0 aliphatic heterocycles. The van der Waals surface area contributed by atoms with Gasteiger partial charge in [-0.2, -0.15) is 0 Å². The molecule has 0 fully saturated rings. The molecule has 4 heteroatoms. The van der Waals surface area contributed by atoms with E-state index in [0.717, 1.165) is 5.56 Å². The van der Waals surface area contributed by atoms with Crippen LogP contribution in [-0.2, 0) is 9.84 Å². The number of hydrogen-bond donors (Lipinski definition) is 0. The number of benzene rings is 1. The van der Waals surface area contributed by atoms with Crippen molar-refractivity contribution in [2.45, 2.75) is 11.8 Å². The summed E-state index contributed by atoms with van der Waals surface area (Å²) in [6.07, 6.45) is 4.81. The summed E-state index contributed by atoms with van der Waals surface area (Å²) < 4.78 is 29.3. The van der Waals surface area contributed by atoms with Crippen LogP contribution in [0.25, 0.3) is 6.08 Å². The highest BCUT2D eigenvalue weighted by molar-refractivity contribution is 7.91. The molecule has 18 heavy (non-hydrogen) atoms. The lowest BCUT2D eigenvalue weighted by molar-refractivity contribution is 0.557. The highest BCUT2D eigenvalue weighted by Crippen LogP contribution is 2.16. The van der Waals surface area contributed by atoms with Gasteiger partial charge < -0.3 is 4.42 Å². The summed E-state index contributed by atoms with van der Waals surface area (Å²) >= 11 is 0. The first-order valence-corrected chi connectivity index (χ1v) is 7.23. The second kappa shape index (κ2) is 5.23. The Morgan fingerprint density at radius 3 is 2.61 bits per heavy atom. The molecule has 0 aliphatic carbocycles. The Morgan fingerprint density at radius 1 is 1.17 bits per heavy atom. The first kappa shape index (κ1) is 12.6. The van der Waals surface area contributed by atoms with Gasteiger partial charge in [-0.3, -0.25) is 0 Å². The van der Waals surface area contributed by atoms with Gasteiger partial charge in [-0.05, 0) is 36.8 Å². The Labute approximate surface area is 107 Å². The molecule has 2 rings (SSSR count). The maximum absolute atomic E-state index is 12.1. The maximum atomic E-state index is 12.1. The summed E-state index contributed by atoms with van der Waals surface area (Å²) in [5, 5.41) is 0. The monoisotopic (exact) mass is 262 g/mol.